The largest absolute Gasteiger partial charge is 0.370 e. The minimum atomic E-state index is 0.423. The summed E-state index contributed by atoms with van der Waals surface area (Å²) in [5.41, 5.74) is 2.71. The Morgan fingerprint density at radius 3 is 3.18 bits per heavy atom. The highest BCUT2D eigenvalue weighted by molar-refractivity contribution is 7.10. The number of anilines is 1. The Kier molecular flexibility index (Phi) is 2.67. The van der Waals surface area contributed by atoms with Crippen molar-refractivity contribution in [2.45, 2.75) is 32.7 Å². The first-order valence-corrected chi connectivity index (χ1v) is 7.03. The Hall–Kier alpha value is -1.29. The molecule has 4 heteroatoms. The number of aryl methyl sites for hydroxylation is 2. The van der Waals surface area contributed by atoms with Gasteiger partial charge < -0.3 is 5.32 Å². The molecule has 1 N–H and O–H groups in total. The zero-order valence-electron chi connectivity index (χ0n) is 10.2. The van der Waals surface area contributed by atoms with Crippen LogP contribution in [0.3, 0.4) is 0 Å². The van der Waals surface area contributed by atoms with E-state index in [1.165, 1.54) is 21.8 Å². The van der Waals surface area contributed by atoms with Crippen molar-refractivity contribution >= 4 is 17.2 Å². The van der Waals surface area contributed by atoms with Crippen LogP contribution in [0.5, 0.6) is 0 Å². The Labute approximate surface area is 105 Å². The Bertz CT molecular complexity index is 527. The lowest BCUT2D eigenvalue weighted by Crippen LogP contribution is -2.24. The number of hydrogen-bond acceptors (Lipinski definition) is 3. The molecule has 1 aliphatic rings. The first kappa shape index (κ1) is 10.8. The van der Waals surface area contributed by atoms with Gasteiger partial charge in [0.2, 0.25) is 0 Å². The van der Waals surface area contributed by atoms with Gasteiger partial charge in [-0.1, -0.05) is 6.92 Å². The normalized spacial score (nSPS) is 18.8. The summed E-state index contributed by atoms with van der Waals surface area (Å²) in [5.74, 6) is 1.22. The fourth-order valence-electron chi connectivity index (χ4n) is 2.51. The van der Waals surface area contributed by atoms with Gasteiger partial charge in [-0.25, -0.2) is 4.68 Å². The molecule has 0 fully saturated rings. The third kappa shape index (κ3) is 1.67. The van der Waals surface area contributed by atoms with Gasteiger partial charge in [0.25, 0.3) is 0 Å². The van der Waals surface area contributed by atoms with Crippen molar-refractivity contribution in [2.75, 3.05) is 11.9 Å². The van der Waals surface area contributed by atoms with Crippen LogP contribution in [-0.2, 0) is 6.42 Å². The van der Waals surface area contributed by atoms with Crippen LogP contribution >= 0.6 is 11.3 Å². The smallest absolute Gasteiger partial charge is 0.128 e. The molecule has 0 radical (unpaired) electrons. The highest BCUT2D eigenvalue weighted by Crippen LogP contribution is 2.35. The van der Waals surface area contributed by atoms with E-state index >= 15 is 0 Å². The monoisotopic (exact) mass is 247 g/mol. The molecule has 3 heterocycles. The number of thiophene rings is 1. The third-order valence-electron chi connectivity index (χ3n) is 3.46. The second-order valence-electron chi connectivity index (χ2n) is 4.52. The summed E-state index contributed by atoms with van der Waals surface area (Å²) >= 11 is 1.85. The molecule has 0 saturated carbocycles. The summed E-state index contributed by atoms with van der Waals surface area (Å²) in [6, 6.07) is 2.62. The number of rotatable bonds is 2. The molecule has 0 saturated heterocycles. The van der Waals surface area contributed by atoms with Gasteiger partial charge in [-0.2, -0.15) is 5.10 Å². The minimum Gasteiger partial charge on any atom is -0.370 e. The molecule has 0 aliphatic carbocycles. The highest BCUT2D eigenvalue weighted by Gasteiger charge is 2.25. The van der Waals surface area contributed by atoms with Gasteiger partial charge >= 0.3 is 0 Å². The molecular weight excluding hydrogens is 230 g/mol. The molecule has 17 heavy (non-hydrogen) atoms. The molecule has 1 atom stereocenters. The van der Waals surface area contributed by atoms with E-state index in [0.717, 1.165) is 19.4 Å². The topological polar surface area (TPSA) is 29.9 Å². The number of fused-ring (bicyclic) bond motifs is 1. The predicted molar refractivity (Wildman–Crippen MR) is 71.9 cm³/mol. The van der Waals surface area contributed by atoms with Gasteiger partial charge in [0, 0.05) is 17.0 Å². The van der Waals surface area contributed by atoms with E-state index in [0.29, 0.717) is 6.04 Å². The molecule has 2 aromatic rings. The van der Waals surface area contributed by atoms with Gasteiger partial charge in [-0.3, -0.25) is 0 Å². The molecule has 0 spiro atoms. The fraction of sp³-hybridized carbons (Fsp3) is 0.462. The van der Waals surface area contributed by atoms with E-state index in [1.54, 1.807) is 0 Å². The molecule has 3 nitrogen and oxygen atoms in total. The van der Waals surface area contributed by atoms with Crippen molar-refractivity contribution in [3.8, 4) is 0 Å². The third-order valence-corrected chi connectivity index (χ3v) is 4.58. The van der Waals surface area contributed by atoms with E-state index in [1.807, 2.05) is 17.5 Å². The summed E-state index contributed by atoms with van der Waals surface area (Å²) < 4.78 is 2.17. The minimum absolute atomic E-state index is 0.423. The lowest BCUT2D eigenvalue weighted by molar-refractivity contribution is 0.486. The van der Waals surface area contributed by atoms with E-state index in [4.69, 9.17) is 0 Å². The van der Waals surface area contributed by atoms with Crippen LogP contribution in [-0.4, -0.2) is 16.3 Å². The molecular formula is C13H17N3S. The molecule has 0 bridgehead atoms. The van der Waals surface area contributed by atoms with Crippen LogP contribution in [0.15, 0.2) is 17.6 Å². The zero-order valence-corrected chi connectivity index (χ0v) is 11.0. The van der Waals surface area contributed by atoms with E-state index < -0.39 is 0 Å². The van der Waals surface area contributed by atoms with Crippen LogP contribution in [0.25, 0.3) is 0 Å². The Morgan fingerprint density at radius 1 is 1.59 bits per heavy atom. The molecule has 90 valence electrons. The van der Waals surface area contributed by atoms with E-state index in [-0.39, 0.29) is 0 Å². The average molecular weight is 247 g/mol. The van der Waals surface area contributed by atoms with Crippen LogP contribution < -0.4 is 5.32 Å². The summed E-state index contributed by atoms with van der Waals surface area (Å²) in [4.78, 5) is 1.46. The van der Waals surface area contributed by atoms with Crippen LogP contribution in [0.2, 0.25) is 0 Å². The summed E-state index contributed by atoms with van der Waals surface area (Å²) in [7, 11) is 0. The summed E-state index contributed by atoms with van der Waals surface area (Å²) in [6.07, 6.45) is 4.17. The SMILES string of the molecule is CCc1cnn2c1NCCC2c1sccc1C. The van der Waals surface area contributed by atoms with E-state index in [2.05, 4.69) is 40.4 Å². The Balaban J connectivity index is 2.06. The van der Waals surface area contributed by atoms with Crippen molar-refractivity contribution in [3.05, 3.63) is 33.6 Å². The van der Waals surface area contributed by atoms with Crippen molar-refractivity contribution in [3.63, 3.8) is 0 Å². The number of hydrogen-bond donors (Lipinski definition) is 1. The predicted octanol–water partition coefficient (Wildman–Crippen LogP) is 3.22. The van der Waals surface area contributed by atoms with Crippen molar-refractivity contribution < 1.29 is 0 Å². The number of nitrogens with zero attached hydrogens (tertiary/aromatic N) is 2. The maximum absolute atomic E-state index is 4.57. The van der Waals surface area contributed by atoms with E-state index in [9.17, 15) is 0 Å². The quantitative estimate of drug-likeness (QED) is 0.883. The molecule has 1 aliphatic heterocycles. The highest BCUT2D eigenvalue weighted by atomic mass is 32.1. The molecule has 0 aromatic carbocycles. The number of nitrogens with one attached hydrogen (secondary N) is 1. The maximum Gasteiger partial charge on any atom is 0.128 e. The van der Waals surface area contributed by atoms with Crippen LogP contribution in [0.4, 0.5) is 5.82 Å². The first-order valence-electron chi connectivity index (χ1n) is 6.15. The Morgan fingerprint density at radius 2 is 2.47 bits per heavy atom. The van der Waals surface area contributed by atoms with Crippen molar-refractivity contribution in [1.82, 2.24) is 9.78 Å². The van der Waals surface area contributed by atoms with Gasteiger partial charge in [0.05, 0.1) is 12.2 Å². The van der Waals surface area contributed by atoms with Gasteiger partial charge in [0.15, 0.2) is 0 Å². The fourth-order valence-corrected chi connectivity index (χ4v) is 3.55. The maximum atomic E-state index is 4.57. The van der Waals surface area contributed by atoms with Gasteiger partial charge in [0.1, 0.15) is 5.82 Å². The standard InChI is InChI=1S/C13H17N3S/c1-3-10-8-15-16-11(4-6-14-13(10)16)12-9(2)5-7-17-12/h5,7-8,11,14H,3-4,6H2,1-2H3. The lowest BCUT2D eigenvalue weighted by atomic mass is 10.1. The van der Waals surface area contributed by atoms with Gasteiger partial charge in [-0.05, 0) is 36.8 Å². The van der Waals surface area contributed by atoms with Crippen LogP contribution in [0.1, 0.15) is 35.4 Å². The summed E-state index contributed by atoms with van der Waals surface area (Å²) in [6.45, 7) is 5.41. The number of aromatic nitrogens is 2. The molecule has 0 amide bonds. The van der Waals surface area contributed by atoms with Crippen LogP contribution in [0, 0.1) is 6.92 Å². The molecule has 2 aromatic heterocycles. The molecule has 3 rings (SSSR count). The van der Waals surface area contributed by atoms with Gasteiger partial charge in [-0.15, -0.1) is 11.3 Å². The van der Waals surface area contributed by atoms with Crippen molar-refractivity contribution in [1.29, 1.82) is 0 Å². The van der Waals surface area contributed by atoms with Crippen molar-refractivity contribution in [2.24, 2.45) is 0 Å². The average Bonchev–Trinajstić information content (AvgIpc) is 2.94. The summed E-state index contributed by atoms with van der Waals surface area (Å²) in [5, 5.41) is 10.2. The second-order valence-corrected chi connectivity index (χ2v) is 5.46. The molecule has 1 unspecified atom stereocenters. The second kappa shape index (κ2) is 4.18. The lowest BCUT2D eigenvalue weighted by Gasteiger charge is -2.26. The first-order chi connectivity index (χ1) is 8.31. The zero-order chi connectivity index (χ0) is 11.8.